The molecule has 2 unspecified atom stereocenters. The molecule has 2 aromatic carbocycles. The van der Waals surface area contributed by atoms with Crippen molar-refractivity contribution < 1.29 is 22.7 Å². The number of sulfone groups is 1. The maximum Gasteiger partial charge on any atom is 0.407 e. The molecule has 3 heterocycles. The van der Waals surface area contributed by atoms with Gasteiger partial charge in [0.1, 0.15) is 5.60 Å². The van der Waals surface area contributed by atoms with Gasteiger partial charge in [0.25, 0.3) is 5.91 Å². The van der Waals surface area contributed by atoms with Gasteiger partial charge in [0.05, 0.1) is 32.6 Å². The number of carbonyl (C=O) groups is 2. The highest BCUT2D eigenvalue weighted by Gasteiger charge is 2.33. The lowest BCUT2D eigenvalue weighted by atomic mass is 10.1. The highest BCUT2D eigenvalue weighted by atomic mass is 35.5. The second kappa shape index (κ2) is 11.8. The summed E-state index contributed by atoms with van der Waals surface area (Å²) >= 11 is 8.16. The highest BCUT2D eigenvalue weighted by Crippen LogP contribution is 2.49. The van der Waals surface area contributed by atoms with Crippen LogP contribution in [0.3, 0.4) is 0 Å². The van der Waals surface area contributed by atoms with E-state index in [0.717, 1.165) is 16.2 Å². The molecule has 1 N–H and O–H groups in total. The SMILES string of the molecule is CC(C)(C)OC(=O)NC1CCN(C(=O)c2cc(C3CC=C(c4cccc(S(C)(=O)=O)c4)S3)n(-c3ccccc3Cl)n2)C1. The maximum atomic E-state index is 13.6. The van der Waals surface area contributed by atoms with E-state index in [9.17, 15) is 18.0 Å². The molecule has 42 heavy (non-hydrogen) atoms. The van der Waals surface area contributed by atoms with E-state index in [0.29, 0.717) is 36.6 Å². The number of aromatic nitrogens is 2. The van der Waals surface area contributed by atoms with Crippen LogP contribution in [0.5, 0.6) is 0 Å². The zero-order valence-electron chi connectivity index (χ0n) is 23.8. The van der Waals surface area contributed by atoms with Gasteiger partial charge in [-0.05, 0) is 69.5 Å². The zero-order valence-corrected chi connectivity index (χ0v) is 26.2. The minimum Gasteiger partial charge on any atom is -0.444 e. The zero-order chi connectivity index (χ0) is 30.2. The molecule has 0 bridgehead atoms. The van der Waals surface area contributed by atoms with Gasteiger partial charge in [-0.15, -0.1) is 11.8 Å². The molecule has 222 valence electrons. The van der Waals surface area contributed by atoms with Crippen molar-refractivity contribution in [2.75, 3.05) is 19.3 Å². The number of hydrogen-bond acceptors (Lipinski definition) is 7. The Labute approximate surface area is 255 Å². The number of halogens is 1. The van der Waals surface area contributed by atoms with E-state index in [4.69, 9.17) is 21.4 Å². The Hall–Kier alpha value is -3.28. The van der Waals surface area contributed by atoms with Gasteiger partial charge in [0.15, 0.2) is 15.5 Å². The van der Waals surface area contributed by atoms with Crippen molar-refractivity contribution in [2.24, 2.45) is 0 Å². The molecule has 0 saturated carbocycles. The maximum absolute atomic E-state index is 13.6. The smallest absolute Gasteiger partial charge is 0.407 e. The van der Waals surface area contributed by atoms with Gasteiger partial charge in [-0.3, -0.25) is 4.79 Å². The minimum atomic E-state index is -3.34. The molecule has 12 heteroatoms. The van der Waals surface area contributed by atoms with E-state index in [-0.39, 0.29) is 27.8 Å². The Balaban J connectivity index is 1.38. The van der Waals surface area contributed by atoms with Crippen LogP contribution in [-0.4, -0.2) is 66.1 Å². The summed E-state index contributed by atoms with van der Waals surface area (Å²) in [5, 5.41) is 8.00. The number of nitrogens with zero attached hydrogens (tertiary/aromatic N) is 3. The van der Waals surface area contributed by atoms with E-state index in [1.807, 2.05) is 30.3 Å². The van der Waals surface area contributed by atoms with Gasteiger partial charge in [0.2, 0.25) is 0 Å². The number of ether oxygens (including phenoxy) is 1. The number of amides is 2. The van der Waals surface area contributed by atoms with E-state index in [1.165, 1.54) is 6.26 Å². The average molecular weight is 629 g/mol. The molecule has 5 rings (SSSR count). The Morgan fingerprint density at radius 3 is 2.60 bits per heavy atom. The molecule has 2 aliphatic rings. The molecule has 0 radical (unpaired) electrons. The van der Waals surface area contributed by atoms with Gasteiger partial charge in [-0.2, -0.15) is 5.10 Å². The van der Waals surface area contributed by atoms with Crippen LogP contribution in [0.25, 0.3) is 10.6 Å². The molecule has 1 aromatic heterocycles. The summed E-state index contributed by atoms with van der Waals surface area (Å²) in [6, 6.07) is 15.8. The summed E-state index contributed by atoms with van der Waals surface area (Å²) < 4.78 is 31.3. The second-order valence-corrected chi connectivity index (χ2v) is 15.1. The van der Waals surface area contributed by atoms with Gasteiger partial charge in [0, 0.05) is 24.3 Å². The lowest BCUT2D eigenvalue weighted by Crippen LogP contribution is -2.41. The van der Waals surface area contributed by atoms with Crippen molar-refractivity contribution in [3.8, 4) is 5.69 Å². The van der Waals surface area contributed by atoms with Gasteiger partial charge in [-0.1, -0.05) is 41.9 Å². The van der Waals surface area contributed by atoms with Crippen molar-refractivity contribution in [3.63, 3.8) is 0 Å². The number of hydrogen-bond donors (Lipinski definition) is 1. The number of rotatable bonds is 6. The minimum absolute atomic E-state index is 0.0765. The van der Waals surface area contributed by atoms with Crippen LogP contribution < -0.4 is 5.32 Å². The number of benzene rings is 2. The summed E-state index contributed by atoms with van der Waals surface area (Å²) in [5.74, 6) is -0.229. The van der Waals surface area contributed by atoms with E-state index < -0.39 is 21.5 Å². The number of carbonyl (C=O) groups excluding carboxylic acids is 2. The monoisotopic (exact) mass is 628 g/mol. The van der Waals surface area contributed by atoms with Crippen molar-refractivity contribution in [3.05, 3.63) is 82.6 Å². The van der Waals surface area contributed by atoms with Gasteiger partial charge >= 0.3 is 6.09 Å². The van der Waals surface area contributed by atoms with Crippen molar-refractivity contribution in [1.82, 2.24) is 20.0 Å². The molecular weight excluding hydrogens is 596 g/mol. The first-order valence-corrected chi connectivity index (χ1v) is 16.7. The fourth-order valence-corrected chi connectivity index (χ4v) is 7.08. The highest BCUT2D eigenvalue weighted by molar-refractivity contribution is 8.08. The summed E-state index contributed by atoms with van der Waals surface area (Å²) in [6.45, 7) is 6.24. The molecule has 2 aliphatic heterocycles. The fraction of sp³-hybridized carbons (Fsp3) is 0.367. The molecule has 1 saturated heterocycles. The van der Waals surface area contributed by atoms with Gasteiger partial charge < -0.3 is 15.0 Å². The van der Waals surface area contributed by atoms with Crippen molar-refractivity contribution in [1.29, 1.82) is 0 Å². The van der Waals surface area contributed by atoms with Crippen LogP contribution in [-0.2, 0) is 14.6 Å². The quantitative estimate of drug-likeness (QED) is 0.362. The van der Waals surface area contributed by atoms with Gasteiger partial charge in [-0.25, -0.2) is 17.9 Å². The lowest BCUT2D eigenvalue weighted by molar-refractivity contribution is 0.0502. The average Bonchev–Trinajstić information content (AvgIpc) is 3.67. The predicted molar refractivity (Wildman–Crippen MR) is 165 cm³/mol. The van der Waals surface area contributed by atoms with Crippen LogP contribution in [0, 0.1) is 0 Å². The molecular formula is C30H33ClN4O5S2. The number of alkyl carbamates (subject to hydrolysis) is 1. The molecule has 9 nitrogen and oxygen atoms in total. The number of para-hydroxylation sites is 1. The lowest BCUT2D eigenvalue weighted by Gasteiger charge is -2.22. The molecule has 2 atom stereocenters. The van der Waals surface area contributed by atoms with Crippen LogP contribution in [0.15, 0.2) is 65.6 Å². The van der Waals surface area contributed by atoms with Crippen molar-refractivity contribution >= 4 is 50.1 Å². The van der Waals surface area contributed by atoms with Crippen LogP contribution >= 0.6 is 23.4 Å². The summed E-state index contributed by atoms with van der Waals surface area (Å²) in [5.41, 5.74) is 1.97. The topological polar surface area (TPSA) is 111 Å². The number of nitrogens with one attached hydrogen (secondary N) is 1. The standard InChI is InChI=1S/C30H33ClN4O5S2/c1-30(2,3)40-29(37)32-20-14-15-34(18-20)28(36)23-17-25(35(33-23)24-11-6-5-10-22(24)31)27-13-12-26(41-27)19-8-7-9-21(16-19)42(4,38)39/h5-12,16-17,20,27H,13-15,18H2,1-4H3,(H,32,37). The van der Waals surface area contributed by atoms with Crippen LogP contribution in [0.1, 0.15) is 60.6 Å². The Bertz CT molecular complexity index is 1660. The summed E-state index contributed by atoms with van der Waals surface area (Å²) in [6.07, 6.45) is 4.05. The summed E-state index contributed by atoms with van der Waals surface area (Å²) in [4.78, 5) is 28.8. The Morgan fingerprint density at radius 1 is 1.12 bits per heavy atom. The summed E-state index contributed by atoms with van der Waals surface area (Å²) in [7, 11) is -3.34. The Kier molecular flexibility index (Phi) is 8.46. The largest absolute Gasteiger partial charge is 0.444 e. The fourth-order valence-electron chi connectivity index (χ4n) is 4.96. The molecule has 0 aliphatic carbocycles. The predicted octanol–water partition coefficient (Wildman–Crippen LogP) is 5.89. The molecule has 3 aromatic rings. The third-order valence-electron chi connectivity index (χ3n) is 6.90. The normalized spacial score (nSPS) is 19.1. The van der Waals surface area contributed by atoms with Crippen LogP contribution in [0.4, 0.5) is 4.79 Å². The van der Waals surface area contributed by atoms with Crippen molar-refractivity contribution in [2.45, 2.75) is 55.4 Å². The van der Waals surface area contributed by atoms with Crippen LogP contribution in [0.2, 0.25) is 5.02 Å². The molecule has 0 spiro atoms. The third kappa shape index (κ3) is 6.85. The number of allylic oxidation sites excluding steroid dienone is 1. The molecule has 2 amide bonds. The first kappa shape index (κ1) is 30.2. The van der Waals surface area contributed by atoms with E-state index in [1.54, 1.807) is 66.4 Å². The van der Waals surface area contributed by atoms with E-state index >= 15 is 0 Å². The number of thioether (sulfide) groups is 1. The number of likely N-dealkylation sites (tertiary alicyclic amines) is 1. The first-order valence-electron chi connectivity index (χ1n) is 13.6. The third-order valence-corrected chi connectivity index (χ3v) is 9.70. The van der Waals surface area contributed by atoms with E-state index in [2.05, 4.69) is 11.4 Å². The Morgan fingerprint density at radius 2 is 1.88 bits per heavy atom. The molecule has 1 fully saturated rings. The first-order chi connectivity index (χ1) is 19.8. The second-order valence-electron chi connectivity index (χ2n) is 11.4.